The van der Waals surface area contributed by atoms with Crippen LogP contribution in [0.3, 0.4) is 0 Å². The molecule has 0 saturated heterocycles. The summed E-state index contributed by atoms with van der Waals surface area (Å²) in [6, 6.07) is 0. The first-order valence-corrected chi connectivity index (χ1v) is 7.03. The Morgan fingerprint density at radius 3 is 2.31 bits per heavy atom. The number of halogens is 4. The molecule has 6 heteroatoms. The molecule has 0 bridgehead atoms. The van der Waals surface area contributed by atoms with Gasteiger partial charge in [0.15, 0.2) is 5.78 Å². The van der Waals surface area contributed by atoms with E-state index in [0.29, 0.717) is 17.2 Å². The number of Topliss-reactive ketones (excluding diaryl/α,β-unsaturated/α-hetero) is 1. The van der Waals surface area contributed by atoms with Crippen LogP contribution >= 0.6 is 70.7 Å². The standard InChI is InChI=1S/C7H4Br3ClOS/c8-4-5(9)7(10)13-6(4)3(12)1-2-11/h1-2H2. The minimum Gasteiger partial charge on any atom is -0.293 e. The Balaban J connectivity index is 3.01. The van der Waals surface area contributed by atoms with Crippen molar-refractivity contribution in [3.8, 4) is 0 Å². The maximum absolute atomic E-state index is 11.5. The topological polar surface area (TPSA) is 17.1 Å². The fraction of sp³-hybridized carbons (Fsp3) is 0.286. The van der Waals surface area contributed by atoms with Crippen molar-refractivity contribution in [1.82, 2.24) is 0 Å². The molecule has 1 aromatic heterocycles. The number of rotatable bonds is 3. The molecule has 0 aliphatic carbocycles. The maximum Gasteiger partial charge on any atom is 0.175 e. The molecule has 1 heterocycles. The van der Waals surface area contributed by atoms with E-state index in [2.05, 4.69) is 47.8 Å². The van der Waals surface area contributed by atoms with Gasteiger partial charge >= 0.3 is 0 Å². The summed E-state index contributed by atoms with van der Waals surface area (Å²) in [5, 5.41) is 0. The summed E-state index contributed by atoms with van der Waals surface area (Å²) in [7, 11) is 0. The molecule has 0 aliphatic heterocycles. The lowest BCUT2D eigenvalue weighted by atomic mass is 10.3. The number of hydrogen-bond donors (Lipinski definition) is 0. The van der Waals surface area contributed by atoms with Gasteiger partial charge in [-0.15, -0.1) is 22.9 Å². The van der Waals surface area contributed by atoms with E-state index in [4.69, 9.17) is 11.6 Å². The van der Waals surface area contributed by atoms with Crippen molar-refractivity contribution < 1.29 is 4.79 Å². The van der Waals surface area contributed by atoms with Crippen molar-refractivity contribution in [3.63, 3.8) is 0 Å². The molecule has 0 fully saturated rings. The Morgan fingerprint density at radius 2 is 1.92 bits per heavy atom. The third-order valence-corrected chi connectivity index (χ3v) is 6.60. The van der Waals surface area contributed by atoms with Gasteiger partial charge in [-0.1, -0.05) is 0 Å². The van der Waals surface area contributed by atoms with E-state index in [1.807, 2.05) is 0 Å². The Morgan fingerprint density at radius 1 is 1.31 bits per heavy atom. The van der Waals surface area contributed by atoms with Crippen LogP contribution in [0, 0.1) is 0 Å². The number of thiophene rings is 1. The molecule has 0 aromatic carbocycles. The fourth-order valence-electron chi connectivity index (χ4n) is 0.744. The van der Waals surface area contributed by atoms with Crippen molar-refractivity contribution in [2.45, 2.75) is 6.42 Å². The molecule has 0 saturated carbocycles. The second-order valence-electron chi connectivity index (χ2n) is 2.20. The lowest BCUT2D eigenvalue weighted by Crippen LogP contribution is -1.96. The molecular weight excluding hydrogens is 407 g/mol. The molecule has 1 nitrogen and oxygen atoms in total. The van der Waals surface area contributed by atoms with E-state index in [9.17, 15) is 4.79 Å². The molecule has 72 valence electrons. The summed E-state index contributed by atoms with van der Waals surface area (Å²) in [5.74, 6) is 0.427. The molecule has 0 radical (unpaired) electrons. The van der Waals surface area contributed by atoms with Gasteiger partial charge in [-0.2, -0.15) is 0 Å². The third kappa shape index (κ3) is 2.78. The van der Waals surface area contributed by atoms with E-state index in [-0.39, 0.29) is 5.78 Å². The molecule has 0 amide bonds. The van der Waals surface area contributed by atoms with Crippen LogP contribution < -0.4 is 0 Å². The summed E-state index contributed by atoms with van der Waals surface area (Å²) < 4.78 is 2.60. The van der Waals surface area contributed by atoms with E-state index in [0.717, 1.165) is 12.7 Å². The van der Waals surface area contributed by atoms with Crippen LogP contribution in [0.5, 0.6) is 0 Å². The smallest absolute Gasteiger partial charge is 0.175 e. The molecule has 1 rings (SSSR count). The first-order valence-electron chi connectivity index (χ1n) is 3.30. The minimum absolute atomic E-state index is 0.0678. The van der Waals surface area contributed by atoms with Gasteiger partial charge in [-0.3, -0.25) is 4.79 Å². The van der Waals surface area contributed by atoms with Gasteiger partial charge in [0.2, 0.25) is 0 Å². The first kappa shape index (κ1) is 12.2. The molecule has 1 aromatic rings. The lowest BCUT2D eigenvalue weighted by Gasteiger charge is -1.93. The van der Waals surface area contributed by atoms with Gasteiger partial charge in [-0.25, -0.2) is 0 Å². The zero-order valence-corrected chi connectivity index (χ0v) is 12.6. The largest absolute Gasteiger partial charge is 0.293 e. The quantitative estimate of drug-likeness (QED) is 0.514. The lowest BCUT2D eigenvalue weighted by molar-refractivity contribution is 0.0992. The highest BCUT2D eigenvalue weighted by molar-refractivity contribution is 9.14. The molecule has 13 heavy (non-hydrogen) atoms. The molecular formula is C7H4Br3ClOS. The van der Waals surface area contributed by atoms with Crippen molar-refractivity contribution in [2.75, 3.05) is 5.88 Å². The number of alkyl halides is 1. The number of carbonyl (C=O) groups excluding carboxylic acids is 1. The SMILES string of the molecule is O=C(CCCl)c1sc(Br)c(Br)c1Br. The first-order chi connectivity index (χ1) is 6.07. The monoisotopic (exact) mass is 408 g/mol. The van der Waals surface area contributed by atoms with E-state index in [1.165, 1.54) is 11.3 Å². The Bertz CT molecular complexity index is 337. The molecule has 0 atom stereocenters. The van der Waals surface area contributed by atoms with Crippen LogP contribution in [-0.4, -0.2) is 11.7 Å². The fourth-order valence-corrected chi connectivity index (χ4v) is 4.01. The van der Waals surface area contributed by atoms with Gasteiger partial charge in [0.05, 0.1) is 17.6 Å². The van der Waals surface area contributed by atoms with E-state index in [1.54, 1.807) is 0 Å². The zero-order valence-electron chi connectivity index (χ0n) is 6.24. The Labute approximate surface area is 110 Å². The van der Waals surface area contributed by atoms with Crippen molar-refractivity contribution in [3.05, 3.63) is 17.6 Å². The number of ketones is 1. The van der Waals surface area contributed by atoms with E-state index < -0.39 is 0 Å². The van der Waals surface area contributed by atoms with Gasteiger partial charge in [-0.05, 0) is 47.8 Å². The van der Waals surface area contributed by atoms with Crippen LogP contribution in [0.25, 0.3) is 0 Å². The average Bonchev–Trinajstić information content (AvgIpc) is 2.33. The van der Waals surface area contributed by atoms with Crippen LogP contribution in [-0.2, 0) is 0 Å². The van der Waals surface area contributed by atoms with Crippen LogP contribution in [0.15, 0.2) is 12.7 Å². The van der Waals surface area contributed by atoms with Crippen LogP contribution in [0.1, 0.15) is 16.1 Å². The summed E-state index contributed by atoms with van der Waals surface area (Å²) in [6.45, 7) is 0. The van der Waals surface area contributed by atoms with Gasteiger partial charge < -0.3 is 0 Å². The van der Waals surface area contributed by atoms with Gasteiger partial charge in [0.25, 0.3) is 0 Å². The molecule has 0 unspecified atom stereocenters. The normalized spacial score (nSPS) is 10.5. The molecule has 0 spiro atoms. The molecule has 0 N–H and O–H groups in total. The highest BCUT2D eigenvalue weighted by Crippen LogP contribution is 2.41. The summed E-state index contributed by atoms with van der Waals surface area (Å²) in [5.41, 5.74) is 0. The molecule has 0 aliphatic rings. The Hall–Kier alpha value is 1.10. The van der Waals surface area contributed by atoms with Crippen LogP contribution in [0.2, 0.25) is 0 Å². The van der Waals surface area contributed by atoms with Crippen molar-refractivity contribution >= 4 is 76.5 Å². The minimum atomic E-state index is 0.0678. The maximum atomic E-state index is 11.5. The highest BCUT2D eigenvalue weighted by Gasteiger charge is 2.17. The predicted molar refractivity (Wildman–Crippen MR) is 67.1 cm³/mol. The summed E-state index contributed by atoms with van der Waals surface area (Å²) in [4.78, 5) is 12.2. The average molecular weight is 411 g/mol. The van der Waals surface area contributed by atoms with Gasteiger partial charge in [0.1, 0.15) is 0 Å². The Kier molecular flexibility index (Phi) is 4.92. The summed E-state index contributed by atoms with van der Waals surface area (Å²) >= 11 is 16.9. The summed E-state index contributed by atoms with van der Waals surface area (Å²) in [6.07, 6.45) is 0.375. The number of hydrogen-bond acceptors (Lipinski definition) is 2. The number of carbonyl (C=O) groups is 1. The van der Waals surface area contributed by atoms with Crippen LogP contribution in [0.4, 0.5) is 0 Å². The second kappa shape index (κ2) is 5.26. The van der Waals surface area contributed by atoms with Gasteiger partial charge in [0, 0.05) is 12.3 Å². The van der Waals surface area contributed by atoms with E-state index >= 15 is 0 Å². The van der Waals surface area contributed by atoms with Crippen molar-refractivity contribution in [2.24, 2.45) is 0 Å². The highest BCUT2D eigenvalue weighted by atomic mass is 79.9. The second-order valence-corrected chi connectivity index (χ2v) is 6.50. The van der Waals surface area contributed by atoms with Crippen molar-refractivity contribution in [1.29, 1.82) is 0 Å². The third-order valence-electron chi connectivity index (χ3n) is 1.33. The zero-order chi connectivity index (χ0) is 10.0. The predicted octanol–water partition coefficient (Wildman–Crippen LogP) is 4.85.